The van der Waals surface area contributed by atoms with Gasteiger partial charge in [0.05, 0.1) is 18.7 Å². The number of anilines is 1. The Bertz CT molecular complexity index is 826. The molecule has 1 aromatic carbocycles. The highest BCUT2D eigenvalue weighted by atomic mass is 16.4. The Morgan fingerprint density at radius 3 is 2.22 bits per heavy atom. The second-order valence-corrected chi connectivity index (χ2v) is 6.58. The van der Waals surface area contributed by atoms with E-state index in [4.69, 9.17) is 5.11 Å². The Kier molecular flexibility index (Phi) is 11.5. The smallest absolute Gasteiger partial charge is 0.335 e. The van der Waals surface area contributed by atoms with Crippen molar-refractivity contribution in [1.29, 1.82) is 0 Å². The summed E-state index contributed by atoms with van der Waals surface area (Å²) in [6.07, 6.45) is 0.541. The standard InChI is InChI=1S/C20H27N5O7/c1-21-19(30)15(6-7-16(27)23-10-11-26)25-18(29)12-24-17(28)8-9-22-14-4-2-13(3-5-14)20(31)32/h2-5,11,15,22H,6-10,12H2,1H3,(H,21,30)(H,23,27)(H,24,28)(H,25,29)(H,31,32). The van der Waals surface area contributed by atoms with Crippen LogP contribution in [0.15, 0.2) is 24.3 Å². The van der Waals surface area contributed by atoms with Gasteiger partial charge in [-0.05, 0) is 30.7 Å². The number of carboxylic acid groups (broad SMARTS) is 1. The lowest BCUT2D eigenvalue weighted by molar-refractivity contribution is -0.130. The van der Waals surface area contributed by atoms with Gasteiger partial charge < -0.3 is 36.5 Å². The molecule has 6 N–H and O–H groups in total. The van der Waals surface area contributed by atoms with Gasteiger partial charge in [-0.2, -0.15) is 0 Å². The van der Waals surface area contributed by atoms with Gasteiger partial charge in [0.15, 0.2) is 0 Å². The van der Waals surface area contributed by atoms with Crippen LogP contribution in [0.25, 0.3) is 0 Å². The lowest BCUT2D eigenvalue weighted by Crippen LogP contribution is -2.49. The van der Waals surface area contributed by atoms with Crippen LogP contribution in [0.4, 0.5) is 5.69 Å². The molecule has 0 saturated heterocycles. The third kappa shape index (κ3) is 10.2. The van der Waals surface area contributed by atoms with Crippen molar-refractivity contribution in [3.8, 4) is 0 Å². The maximum Gasteiger partial charge on any atom is 0.335 e. The van der Waals surface area contributed by atoms with Gasteiger partial charge in [0, 0.05) is 32.1 Å². The number of aromatic carboxylic acids is 1. The zero-order valence-corrected chi connectivity index (χ0v) is 17.6. The summed E-state index contributed by atoms with van der Waals surface area (Å²) in [7, 11) is 1.39. The van der Waals surface area contributed by atoms with Gasteiger partial charge in [-0.25, -0.2) is 4.79 Å². The number of amides is 4. The highest BCUT2D eigenvalue weighted by molar-refractivity contribution is 5.90. The number of hydrogen-bond acceptors (Lipinski definition) is 7. The topological polar surface area (TPSA) is 183 Å². The molecule has 0 aromatic heterocycles. The van der Waals surface area contributed by atoms with E-state index in [1.54, 1.807) is 12.1 Å². The second kappa shape index (κ2) is 14.1. The maximum absolute atomic E-state index is 12.1. The van der Waals surface area contributed by atoms with Crippen molar-refractivity contribution >= 4 is 41.6 Å². The summed E-state index contributed by atoms with van der Waals surface area (Å²) in [4.78, 5) is 68.5. The molecule has 32 heavy (non-hydrogen) atoms. The molecule has 0 fully saturated rings. The highest BCUT2D eigenvalue weighted by Gasteiger charge is 2.21. The average Bonchev–Trinajstić information content (AvgIpc) is 2.78. The van der Waals surface area contributed by atoms with Crippen molar-refractivity contribution < 1.29 is 33.9 Å². The highest BCUT2D eigenvalue weighted by Crippen LogP contribution is 2.09. The number of likely N-dealkylation sites (N-methyl/N-ethyl adjacent to an activating group) is 1. The van der Waals surface area contributed by atoms with E-state index in [0.29, 0.717) is 12.0 Å². The quantitative estimate of drug-likeness (QED) is 0.188. The number of benzene rings is 1. The summed E-state index contributed by atoms with van der Waals surface area (Å²) >= 11 is 0. The van der Waals surface area contributed by atoms with Crippen molar-refractivity contribution in [2.45, 2.75) is 25.3 Å². The number of carbonyl (C=O) groups is 6. The zero-order chi connectivity index (χ0) is 23.9. The van der Waals surface area contributed by atoms with E-state index in [1.807, 2.05) is 0 Å². The van der Waals surface area contributed by atoms with Crippen LogP contribution in [0.2, 0.25) is 0 Å². The number of carbonyl (C=O) groups excluding carboxylic acids is 5. The molecule has 0 saturated carbocycles. The molecule has 0 aliphatic carbocycles. The lowest BCUT2D eigenvalue weighted by atomic mass is 10.1. The number of nitrogens with one attached hydrogen (secondary N) is 5. The Hall–Kier alpha value is -3.96. The maximum atomic E-state index is 12.1. The van der Waals surface area contributed by atoms with E-state index in [9.17, 15) is 28.8 Å². The van der Waals surface area contributed by atoms with Crippen LogP contribution in [0.5, 0.6) is 0 Å². The first-order valence-electron chi connectivity index (χ1n) is 9.82. The minimum absolute atomic E-state index is 0.0225. The van der Waals surface area contributed by atoms with Gasteiger partial charge in [0.1, 0.15) is 12.3 Å². The molecule has 174 valence electrons. The van der Waals surface area contributed by atoms with Crippen molar-refractivity contribution in [3.05, 3.63) is 29.8 Å². The van der Waals surface area contributed by atoms with Crippen molar-refractivity contribution in [2.24, 2.45) is 0 Å². The molecule has 1 unspecified atom stereocenters. The van der Waals surface area contributed by atoms with Crippen LogP contribution in [-0.4, -0.2) is 73.7 Å². The van der Waals surface area contributed by atoms with Gasteiger partial charge in [-0.3, -0.25) is 19.2 Å². The lowest BCUT2D eigenvalue weighted by Gasteiger charge is -2.17. The normalized spacial score (nSPS) is 10.9. The molecule has 12 nitrogen and oxygen atoms in total. The number of carboxylic acids is 1. The summed E-state index contributed by atoms with van der Waals surface area (Å²) in [6, 6.07) is 5.05. The van der Waals surface area contributed by atoms with Crippen LogP contribution in [-0.2, 0) is 24.0 Å². The summed E-state index contributed by atoms with van der Waals surface area (Å²) in [5, 5.41) is 21.4. The van der Waals surface area contributed by atoms with Crippen molar-refractivity contribution in [1.82, 2.24) is 21.3 Å². The van der Waals surface area contributed by atoms with Crippen molar-refractivity contribution in [2.75, 3.05) is 32.0 Å². The Morgan fingerprint density at radius 1 is 0.969 bits per heavy atom. The van der Waals surface area contributed by atoms with E-state index >= 15 is 0 Å². The van der Waals surface area contributed by atoms with Gasteiger partial charge >= 0.3 is 5.97 Å². The van der Waals surface area contributed by atoms with Gasteiger partial charge in [0.25, 0.3) is 0 Å². The minimum Gasteiger partial charge on any atom is -0.478 e. The number of rotatable bonds is 14. The molecule has 0 aliphatic heterocycles. The van der Waals surface area contributed by atoms with Crippen LogP contribution in [0.1, 0.15) is 29.6 Å². The molecule has 0 spiro atoms. The predicted molar refractivity (Wildman–Crippen MR) is 114 cm³/mol. The molecule has 0 bridgehead atoms. The summed E-state index contributed by atoms with van der Waals surface area (Å²) in [5.41, 5.74) is 0.794. The second-order valence-electron chi connectivity index (χ2n) is 6.58. The first kappa shape index (κ1) is 26.1. The molecule has 0 radical (unpaired) electrons. The van der Waals surface area contributed by atoms with E-state index < -0.39 is 35.6 Å². The Balaban J connectivity index is 2.36. The Labute approximate surface area is 184 Å². The first-order chi connectivity index (χ1) is 15.3. The third-order valence-electron chi connectivity index (χ3n) is 4.20. The first-order valence-corrected chi connectivity index (χ1v) is 9.82. The molecular formula is C20H27N5O7. The van der Waals surface area contributed by atoms with Crippen molar-refractivity contribution in [3.63, 3.8) is 0 Å². The molecular weight excluding hydrogens is 422 g/mol. The molecule has 0 heterocycles. The van der Waals surface area contributed by atoms with Crippen LogP contribution < -0.4 is 26.6 Å². The van der Waals surface area contributed by atoms with Gasteiger partial charge in [-0.15, -0.1) is 0 Å². The zero-order valence-electron chi connectivity index (χ0n) is 17.6. The minimum atomic E-state index is -1.03. The van der Waals surface area contributed by atoms with Crippen LogP contribution >= 0.6 is 0 Å². The summed E-state index contributed by atoms with van der Waals surface area (Å²) in [6.45, 7) is -0.224. The predicted octanol–water partition coefficient (Wildman–Crippen LogP) is -1.37. The van der Waals surface area contributed by atoms with E-state index in [1.165, 1.54) is 19.2 Å². The Morgan fingerprint density at radius 2 is 1.62 bits per heavy atom. The molecule has 4 amide bonds. The fourth-order valence-electron chi connectivity index (χ4n) is 2.53. The molecule has 0 aliphatic rings. The SMILES string of the molecule is CNC(=O)C(CCC(=O)NCC=O)NC(=O)CNC(=O)CCNc1ccc(C(=O)O)cc1. The fourth-order valence-corrected chi connectivity index (χ4v) is 2.53. The van der Waals surface area contributed by atoms with E-state index in [2.05, 4.69) is 26.6 Å². The molecule has 1 atom stereocenters. The van der Waals surface area contributed by atoms with Crippen LogP contribution in [0.3, 0.4) is 0 Å². The summed E-state index contributed by atoms with van der Waals surface area (Å²) < 4.78 is 0. The average molecular weight is 449 g/mol. The molecule has 1 aromatic rings. The summed E-state index contributed by atoms with van der Waals surface area (Å²) in [5.74, 6) is -2.96. The number of aldehydes is 1. The van der Waals surface area contributed by atoms with Gasteiger partial charge in [0.2, 0.25) is 23.6 Å². The largest absolute Gasteiger partial charge is 0.478 e. The monoisotopic (exact) mass is 449 g/mol. The number of hydrogen-bond donors (Lipinski definition) is 6. The van der Waals surface area contributed by atoms with Gasteiger partial charge in [-0.1, -0.05) is 0 Å². The third-order valence-corrected chi connectivity index (χ3v) is 4.20. The van der Waals surface area contributed by atoms with Crippen LogP contribution in [0, 0.1) is 0 Å². The molecule has 12 heteroatoms. The molecule has 1 rings (SSSR count). The fraction of sp³-hybridized carbons (Fsp3) is 0.400. The van der Waals surface area contributed by atoms with E-state index in [0.717, 1.165) is 0 Å². The van der Waals surface area contributed by atoms with E-state index in [-0.39, 0.29) is 44.5 Å².